The van der Waals surface area contributed by atoms with E-state index in [9.17, 15) is 0 Å². The molecular formula is C16H21ClN2S. The summed E-state index contributed by atoms with van der Waals surface area (Å²) in [4.78, 5) is 4.79. The Morgan fingerprint density at radius 1 is 1.25 bits per heavy atom. The molecule has 2 nitrogen and oxygen atoms in total. The van der Waals surface area contributed by atoms with E-state index in [-0.39, 0.29) is 0 Å². The van der Waals surface area contributed by atoms with Crippen molar-refractivity contribution >= 4 is 34.4 Å². The Balaban J connectivity index is 1.94. The lowest BCUT2D eigenvalue weighted by Crippen LogP contribution is -2.21. The second-order valence-corrected chi connectivity index (χ2v) is 7.01. The number of alkyl halides is 1. The zero-order valence-electron chi connectivity index (χ0n) is 11.9. The molecule has 0 saturated heterocycles. The highest BCUT2D eigenvalue weighted by Gasteiger charge is 2.24. The van der Waals surface area contributed by atoms with Crippen molar-refractivity contribution in [1.29, 1.82) is 0 Å². The first kappa shape index (κ1) is 14.3. The lowest BCUT2D eigenvalue weighted by atomic mass is 9.94. The van der Waals surface area contributed by atoms with Gasteiger partial charge in [0, 0.05) is 23.6 Å². The Morgan fingerprint density at radius 3 is 2.70 bits per heavy atom. The van der Waals surface area contributed by atoms with Gasteiger partial charge in [0.05, 0.1) is 11.0 Å². The molecule has 0 spiro atoms. The molecule has 3 rings (SSSR count). The van der Waals surface area contributed by atoms with E-state index in [4.69, 9.17) is 16.6 Å². The van der Waals surface area contributed by atoms with Gasteiger partial charge in [0.25, 0.3) is 0 Å². The quantitative estimate of drug-likeness (QED) is 0.764. The molecule has 4 heteroatoms. The summed E-state index contributed by atoms with van der Waals surface area (Å²) in [5.41, 5.74) is 2.39. The summed E-state index contributed by atoms with van der Waals surface area (Å²) >= 11 is 7.98. The first-order chi connectivity index (χ1) is 9.83. The number of fused-ring (bicyclic) bond motifs is 1. The molecule has 0 atom stereocenters. The number of thioether (sulfide) groups is 1. The molecule has 0 unspecified atom stereocenters. The Kier molecular flexibility index (Phi) is 4.57. The van der Waals surface area contributed by atoms with E-state index in [1.165, 1.54) is 31.2 Å². The molecule has 1 aromatic carbocycles. The van der Waals surface area contributed by atoms with Gasteiger partial charge in [-0.2, -0.15) is 11.8 Å². The van der Waals surface area contributed by atoms with E-state index in [0.717, 1.165) is 23.0 Å². The molecule has 0 amide bonds. The summed E-state index contributed by atoms with van der Waals surface area (Å²) < 4.78 is 2.47. The van der Waals surface area contributed by atoms with E-state index in [1.807, 2.05) is 11.8 Å². The number of hydrogen-bond donors (Lipinski definition) is 0. The summed E-state index contributed by atoms with van der Waals surface area (Å²) in [6.07, 6.45) is 8.26. The van der Waals surface area contributed by atoms with E-state index >= 15 is 0 Å². The number of nitrogens with zero attached hydrogens (tertiary/aromatic N) is 2. The summed E-state index contributed by atoms with van der Waals surface area (Å²) in [6, 6.07) is 9.08. The van der Waals surface area contributed by atoms with Crippen LogP contribution in [0.2, 0.25) is 0 Å². The van der Waals surface area contributed by atoms with Gasteiger partial charge in [-0.3, -0.25) is 0 Å². The minimum Gasteiger partial charge on any atom is -0.325 e. The maximum atomic E-state index is 5.96. The van der Waals surface area contributed by atoms with E-state index in [1.54, 1.807) is 0 Å². The summed E-state index contributed by atoms with van der Waals surface area (Å²) in [6.45, 7) is 0. The molecular weight excluding hydrogens is 288 g/mol. The lowest BCUT2D eigenvalue weighted by Gasteiger charge is -2.30. The van der Waals surface area contributed by atoms with Gasteiger partial charge in [-0.25, -0.2) is 4.98 Å². The second kappa shape index (κ2) is 6.40. The fourth-order valence-corrected chi connectivity index (χ4v) is 4.21. The average Bonchev–Trinajstić information content (AvgIpc) is 2.86. The highest BCUT2D eigenvalue weighted by Crippen LogP contribution is 2.36. The van der Waals surface area contributed by atoms with Crippen LogP contribution in [0.4, 0.5) is 0 Å². The maximum Gasteiger partial charge on any atom is 0.111 e. The SMILES string of the molecule is CSC1CCC(n2c(CCCl)nc3ccccc32)CC1. The van der Waals surface area contributed by atoms with Gasteiger partial charge in [-0.05, 0) is 44.1 Å². The maximum absolute atomic E-state index is 5.96. The molecule has 0 N–H and O–H groups in total. The molecule has 0 aliphatic heterocycles. The van der Waals surface area contributed by atoms with Crippen molar-refractivity contribution < 1.29 is 0 Å². The van der Waals surface area contributed by atoms with Crippen molar-refractivity contribution in [2.24, 2.45) is 0 Å². The first-order valence-electron chi connectivity index (χ1n) is 7.38. The van der Waals surface area contributed by atoms with Crippen LogP contribution in [-0.2, 0) is 6.42 Å². The number of aromatic nitrogens is 2. The molecule has 1 aliphatic rings. The smallest absolute Gasteiger partial charge is 0.111 e. The number of benzene rings is 1. The van der Waals surface area contributed by atoms with Crippen molar-refractivity contribution in [2.45, 2.75) is 43.4 Å². The van der Waals surface area contributed by atoms with Gasteiger partial charge in [0.1, 0.15) is 5.82 Å². The van der Waals surface area contributed by atoms with E-state index in [2.05, 4.69) is 35.1 Å². The van der Waals surface area contributed by atoms with Gasteiger partial charge in [0.2, 0.25) is 0 Å². The number of aryl methyl sites for hydroxylation is 1. The molecule has 20 heavy (non-hydrogen) atoms. The summed E-state index contributed by atoms with van der Waals surface area (Å²) in [5, 5.41) is 0.845. The van der Waals surface area contributed by atoms with Crippen LogP contribution in [0.1, 0.15) is 37.5 Å². The zero-order valence-corrected chi connectivity index (χ0v) is 13.5. The zero-order chi connectivity index (χ0) is 13.9. The first-order valence-corrected chi connectivity index (χ1v) is 9.20. The highest BCUT2D eigenvalue weighted by molar-refractivity contribution is 7.99. The minimum absolute atomic E-state index is 0.601. The molecule has 1 fully saturated rings. The van der Waals surface area contributed by atoms with Crippen LogP contribution < -0.4 is 0 Å². The van der Waals surface area contributed by atoms with Gasteiger partial charge < -0.3 is 4.57 Å². The van der Waals surface area contributed by atoms with Crippen molar-refractivity contribution in [3.8, 4) is 0 Å². The van der Waals surface area contributed by atoms with Crippen molar-refractivity contribution in [2.75, 3.05) is 12.1 Å². The number of rotatable bonds is 4. The van der Waals surface area contributed by atoms with Crippen LogP contribution in [0.3, 0.4) is 0 Å². The Bertz CT molecular complexity index is 573. The Hall–Kier alpha value is -0.670. The van der Waals surface area contributed by atoms with Crippen LogP contribution in [0.25, 0.3) is 11.0 Å². The van der Waals surface area contributed by atoms with Gasteiger partial charge in [-0.1, -0.05) is 12.1 Å². The largest absolute Gasteiger partial charge is 0.325 e. The molecule has 1 saturated carbocycles. The normalized spacial score (nSPS) is 23.3. The molecule has 0 radical (unpaired) electrons. The van der Waals surface area contributed by atoms with Crippen LogP contribution in [0.15, 0.2) is 24.3 Å². The number of para-hydroxylation sites is 2. The lowest BCUT2D eigenvalue weighted by molar-refractivity contribution is 0.359. The Morgan fingerprint density at radius 2 is 2.00 bits per heavy atom. The third kappa shape index (κ3) is 2.71. The number of halogens is 1. The molecule has 1 heterocycles. The predicted molar refractivity (Wildman–Crippen MR) is 89.0 cm³/mol. The molecule has 1 aromatic heterocycles. The average molecular weight is 309 g/mol. The third-order valence-corrected chi connectivity index (χ3v) is 5.66. The molecule has 2 aromatic rings. The standard InChI is InChI=1S/C16H21ClN2S/c1-20-13-8-6-12(7-9-13)19-15-5-3-2-4-14(15)18-16(19)10-11-17/h2-5,12-13H,6-11H2,1H3. The van der Waals surface area contributed by atoms with Gasteiger partial charge in [-0.15, -0.1) is 11.6 Å². The second-order valence-electron chi connectivity index (χ2n) is 5.49. The number of imidazole rings is 1. The Labute approximate surface area is 129 Å². The molecule has 1 aliphatic carbocycles. The van der Waals surface area contributed by atoms with Crippen LogP contribution in [0, 0.1) is 0 Å². The topological polar surface area (TPSA) is 17.8 Å². The molecule has 108 valence electrons. The van der Waals surface area contributed by atoms with Crippen molar-refractivity contribution in [1.82, 2.24) is 9.55 Å². The van der Waals surface area contributed by atoms with Crippen molar-refractivity contribution in [3.63, 3.8) is 0 Å². The predicted octanol–water partition coefficient (Wildman–Crippen LogP) is 4.66. The van der Waals surface area contributed by atoms with E-state index < -0.39 is 0 Å². The van der Waals surface area contributed by atoms with Crippen LogP contribution in [0.5, 0.6) is 0 Å². The van der Waals surface area contributed by atoms with E-state index in [0.29, 0.717) is 11.9 Å². The fourth-order valence-electron chi connectivity index (χ4n) is 3.30. The van der Waals surface area contributed by atoms with Gasteiger partial charge in [0.15, 0.2) is 0 Å². The molecule has 0 bridgehead atoms. The highest BCUT2D eigenvalue weighted by atomic mass is 35.5. The van der Waals surface area contributed by atoms with Gasteiger partial charge >= 0.3 is 0 Å². The third-order valence-electron chi connectivity index (χ3n) is 4.33. The van der Waals surface area contributed by atoms with Crippen molar-refractivity contribution in [3.05, 3.63) is 30.1 Å². The summed E-state index contributed by atoms with van der Waals surface area (Å²) in [7, 11) is 0. The summed E-state index contributed by atoms with van der Waals surface area (Å²) in [5.74, 6) is 1.80. The van der Waals surface area contributed by atoms with Crippen LogP contribution >= 0.6 is 23.4 Å². The monoisotopic (exact) mass is 308 g/mol. The fraction of sp³-hybridized carbons (Fsp3) is 0.562. The minimum atomic E-state index is 0.601. The number of hydrogen-bond acceptors (Lipinski definition) is 2. The van der Waals surface area contributed by atoms with Crippen LogP contribution in [-0.4, -0.2) is 26.9 Å².